The van der Waals surface area contributed by atoms with Crippen LogP contribution in [0.2, 0.25) is 0 Å². The van der Waals surface area contributed by atoms with Gasteiger partial charge in [0.05, 0.1) is 23.6 Å². The lowest BCUT2D eigenvalue weighted by molar-refractivity contribution is 0.0981. The number of rotatable bonds is 10. The number of aromatic nitrogens is 3. The van der Waals surface area contributed by atoms with E-state index in [-0.39, 0.29) is 21.9 Å². The highest BCUT2D eigenvalue weighted by Crippen LogP contribution is 2.39. The van der Waals surface area contributed by atoms with Gasteiger partial charge in [-0.1, -0.05) is 13.0 Å². The largest absolute Gasteiger partial charge is 0.475 e. The minimum absolute atomic E-state index is 0.0294. The Morgan fingerprint density at radius 1 is 1.12 bits per heavy atom. The van der Waals surface area contributed by atoms with Gasteiger partial charge in [0.2, 0.25) is 5.88 Å². The summed E-state index contributed by atoms with van der Waals surface area (Å²) in [5, 5.41) is -0.345. The standard InChI is InChI=1S/C28H36N6O5S/c1-6-38-14-15-39-24-17-18(2)16-22(30-24)21-11-10-20(26(31-21)34-13-12-19(3)28(34,4)5)27(35)33-40(36,37)25-9-7-8-23(29)32-25/h7-11,16-17,19H,6,12-15H2,1-5H3,(H2,29,32)(H,33,35). The highest BCUT2D eigenvalue weighted by Gasteiger charge is 2.41. The molecule has 11 nitrogen and oxygen atoms in total. The maximum Gasteiger partial charge on any atom is 0.281 e. The number of carbonyl (C=O) groups excluding carboxylic acids is 1. The number of nitrogen functional groups attached to an aromatic ring is 1. The summed E-state index contributed by atoms with van der Waals surface area (Å²) in [6.45, 7) is 12.2. The summed E-state index contributed by atoms with van der Waals surface area (Å²) < 4.78 is 39.2. The molecule has 40 heavy (non-hydrogen) atoms. The summed E-state index contributed by atoms with van der Waals surface area (Å²) >= 11 is 0. The first-order valence-corrected chi connectivity index (χ1v) is 14.7. The number of anilines is 2. The van der Waals surface area contributed by atoms with Crippen LogP contribution in [0.3, 0.4) is 0 Å². The third-order valence-electron chi connectivity index (χ3n) is 7.20. The van der Waals surface area contributed by atoms with Gasteiger partial charge in [-0.05, 0) is 75.9 Å². The number of hydrogen-bond donors (Lipinski definition) is 2. The third-order valence-corrected chi connectivity index (χ3v) is 8.43. The van der Waals surface area contributed by atoms with E-state index < -0.39 is 15.9 Å². The SMILES string of the molecule is CCOCCOc1cc(C)cc(-c2ccc(C(=O)NS(=O)(=O)c3cccc(N)n3)c(N3CCC(C)C3(C)C)n2)n1. The predicted octanol–water partition coefficient (Wildman–Crippen LogP) is 3.59. The number of pyridine rings is 3. The van der Waals surface area contributed by atoms with Crippen molar-refractivity contribution < 1.29 is 22.7 Å². The summed E-state index contributed by atoms with van der Waals surface area (Å²) in [5.41, 5.74) is 7.47. The van der Waals surface area contributed by atoms with E-state index in [1.54, 1.807) is 12.1 Å². The molecule has 3 aromatic heterocycles. The van der Waals surface area contributed by atoms with Gasteiger partial charge in [0.25, 0.3) is 15.9 Å². The summed E-state index contributed by atoms with van der Waals surface area (Å²) in [6.07, 6.45) is 0.895. The van der Waals surface area contributed by atoms with Crippen LogP contribution in [-0.2, 0) is 14.8 Å². The van der Waals surface area contributed by atoms with E-state index in [0.29, 0.717) is 55.4 Å². The lowest BCUT2D eigenvalue weighted by Gasteiger charge is -2.36. The molecule has 4 heterocycles. The minimum Gasteiger partial charge on any atom is -0.475 e. The first kappa shape index (κ1) is 29.2. The average Bonchev–Trinajstić information content (AvgIpc) is 3.17. The normalized spacial score (nSPS) is 16.6. The summed E-state index contributed by atoms with van der Waals surface area (Å²) in [4.78, 5) is 28.9. The van der Waals surface area contributed by atoms with Crippen LogP contribution in [-0.4, -0.2) is 61.2 Å². The van der Waals surface area contributed by atoms with Crippen molar-refractivity contribution in [1.29, 1.82) is 0 Å². The quantitative estimate of drug-likeness (QED) is 0.347. The Hall–Kier alpha value is -3.77. The molecule has 3 aromatic rings. The van der Waals surface area contributed by atoms with Gasteiger partial charge >= 0.3 is 0 Å². The number of nitrogens with zero attached hydrogens (tertiary/aromatic N) is 4. The fraction of sp³-hybridized carbons (Fsp3) is 0.429. The second-order valence-corrected chi connectivity index (χ2v) is 11.9. The van der Waals surface area contributed by atoms with Gasteiger partial charge in [-0.25, -0.2) is 19.7 Å². The van der Waals surface area contributed by atoms with Gasteiger partial charge in [-0.15, -0.1) is 0 Å². The Labute approximate surface area is 235 Å². The number of amides is 1. The Bertz CT molecular complexity index is 1490. The van der Waals surface area contributed by atoms with Crippen LogP contribution in [0.4, 0.5) is 11.6 Å². The average molecular weight is 569 g/mol. The Balaban J connectivity index is 1.73. The second kappa shape index (κ2) is 11.8. The Morgan fingerprint density at radius 3 is 2.58 bits per heavy atom. The molecule has 1 aliphatic heterocycles. The molecule has 1 unspecified atom stereocenters. The van der Waals surface area contributed by atoms with Crippen molar-refractivity contribution in [3.63, 3.8) is 0 Å². The number of sulfonamides is 1. The molecule has 214 valence electrons. The topological polar surface area (TPSA) is 150 Å². The van der Waals surface area contributed by atoms with E-state index in [4.69, 9.17) is 20.2 Å². The number of nitrogens with two attached hydrogens (primary N) is 1. The Morgan fingerprint density at radius 2 is 1.90 bits per heavy atom. The first-order chi connectivity index (χ1) is 18.9. The van der Waals surface area contributed by atoms with Crippen molar-refractivity contribution in [3.05, 3.63) is 53.6 Å². The van der Waals surface area contributed by atoms with Crippen LogP contribution < -0.4 is 20.1 Å². The molecule has 0 radical (unpaired) electrons. The van der Waals surface area contributed by atoms with Crippen LogP contribution in [0, 0.1) is 12.8 Å². The van der Waals surface area contributed by atoms with Gasteiger partial charge in [-0.3, -0.25) is 4.79 Å². The van der Waals surface area contributed by atoms with E-state index >= 15 is 0 Å². The van der Waals surface area contributed by atoms with E-state index in [2.05, 4.69) is 40.4 Å². The monoisotopic (exact) mass is 568 g/mol. The molecule has 0 aromatic carbocycles. The lowest BCUT2D eigenvalue weighted by Crippen LogP contribution is -2.43. The molecule has 1 aliphatic rings. The molecule has 3 N–H and O–H groups in total. The number of carbonyl (C=O) groups is 1. The smallest absolute Gasteiger partial charge is 0.281 e. The van der Waals surface area contributed by atoms with Crippen molar-refractivity contribution in [2.24, 2.45) is 5.92 Å². The van der Waals surface area contributed by atoms with Crippen LogP contribution in [0.25, 0.3) is 11.4 Å². The van der Waals surface area contributed by atoms with Crippen molar-refractivity contribution >= 4 is 27.6 Å². The molecule has 0 aliphatic carbocycles. The number of ether oxygens (including phenoxy) is 2. The second-order valence-electron chi connectivity index (χ2n) is 10.3. The first-order valence-electron chi connectivity index (χ1n) is 13.2. The molecule has 1 saturated heterocycles. The molecule has 0 bridgehead atoms. The van der Waals surface area contributed by atoms with E-state index in [9.17, 15) is 13.2 Å². The van der Waals surface area contributed by atoms with Gasteiger partial charge < -0.3 is 20.1 Å². The molecule has 1 fully saturated rings. The number of nitrogens with one attached hydrogen (secondary N) is 1. The minimum atomic E-state index is -4.27. The maximum atomic E-state index is 13.5. The fourth-order valence-corrected chi connectivity index (χ4v) is 5.52. The number of aryl methyl sites for hydroxylation is 1. The third kappa shape index (κ3) is 6.34. The summed E-state index contributed by atoms with van der Waals surface area (Å²) in [5.74, 6) is 0.349. The van der Waals surface area contributed by atoms with Crippen LogP contribution >= 0.6 is 0 Å². The van der Waals surface area contributed by atoms with Gasteiger partial charge in [0, 0.05) is 24.8 Å². The zero-order chi connectivity index (χ0) is 29.1. The highest BCUT2D eigenvalue weighted by molar-refractivity contribution is 7.90. The lowest BCUT2D eigenvalue weighted by atomic mass is 9.90. The van der Waals surface area contributed by atoms with Gasteiger partial charge in [0.15, 0.2) is 5.03 Å². The van der Waals surface area contributed by atoms with Crippen molar-refractivity contribution in [3.8, 4) is 17.3 Å². The van der Waals surface area contributed by atoms with E-state index in [1.165, 1.54) is 18.2 Å². The van der Waals surface area contributed by atoms with E-state index in [1.807, 2.05) is 26.0 Å². The molecule has 0 spiro atoms. The zero-order valence-corrected chi connectivity index (χ0v) is 24.3. The molecule has 1 amide bonds. The molecule has 0 saturated carbocycles. The molecular formula is C28H36N6O5S. The molecule has 12 heteroatoms. The van der Waals surface area contributed by atoms with Crippen molar-refractivity contribution in [1.82, 2.24) is 19.7 Å². The molecule has 4 rings (SSSR count). The Kier molecular flexibility index (Phi) is 8.59. The zero-order valence-electron chi connectivity index (χ0n) is 23.5. The van der Waals surface area contributed by atoms with Gasteiger partial charge in [0.1, 0.15) is 18.2 Å². The van der Waals surface area contributed by atoms with Crippen molar-refractivity contribution in [2.75, 3.05) is 37.0 Å². The highest BCUT2D eigenvalue weighted by atomic mass is 32.2. The summed E-state index contributed by atoms with van der Waals surface area (Å²) in [7, 11) is -4.27. The summed E-state index contributed by atoms with van der Waals surface area (Å²) in [6, 6.07) is 11.1. The molecular weight excluding hydrogens is 532 g/mol. The number of hydrogen-bond acceptors (Lipinski definition) is 10. The van der Waals surface area contributed by atoms with E-state index in [0.717, 1.165) is 12.0 Å². The fourth-order valence-electron chi connectivity index (χ4n) is 4.58. The van der Waals surface area contributed by atoms with Crippen LogP contribution in [0.15, 0.2) is 47.5 Å². The van der Waals surface area contributed by atoms with Crippen LogP contribution in [0.5, 0.6) is 5.88 Å². The maximum absolute atomic E-state index is 13.5. The van der Waals surface area contributed by atoms with Crippen LogP contribution in [0.1, 0.15) is 50.0 Å². The van der Waals surface area contributed by atoms with Gasteiger partial charge in [-0.2, -0.15) is 8.42 Å². The molecule has 1 atom stereocenters. The van der Waals surface area contributed by atoms with Crippen molar-refractivity contribution in [2.45, 2.75) is 51.6 Å². The predicted molar refractivity (Wildman–Crippen MR) is 153 cm³/mol.